The minimum absolute atomic E-state index is 0.0661. The van der Waals surface area contributed by atoms with Gasteiger partial charge >= 0.3 is 0 Å². The number of ether oxygens (including phenoxy) is 2. The Kier molecular flexibility index (Phi) is 5.39. The fourth-order valence-electron chi connectivity index (χ4n) is 3.62. The van der Waals surface area contributed by atoms with Crippen LogP contribution in [0, 0.1) is 12.8 Å². The Morgan fingerprint density at radius 2 is 2.07 bits per heavy atom. The molecule has 0 aliphatic carbocycles. The highest BCUT2D eigenvalue weighted by Crippen LogP contribution is 2.40. The van der Waals surface area contributed by atoms with Gasteiger partial charge in [0.25, 0.3) is 0 Å². The van der Waals surface area contributed by atoms with E-state index < -0.39 is 0 Å². The lowest BCUT2D eigenvalue weighted by atomic mass is 9.86. The van der Waals surface area contributed by atoms with Gasteiger partial charge in [-0.1, -0.05) is 26.0 Å². The number of aromatic nitrogens is 4. The number of methoxy groups -OCH3 is 1. The zero-order valence-electron chi connectivity index (χ0n) is 17.5. The van der Waals surface area contributed by atoms with Crippen molar-refractivity contribution in [3.63, 3.8) is 0 Å². The Bertz CT molecular complexity index is 1060. The molecule has 1 N–H and O–H groups in total. The Morgan fingerprint density at radius 1 is 1.23 bits per heavy atom. The topological polar surface area (TPSA) is 91.2 Å². The molecule has 0 unspecified atom stereocenters. The van der Waals surface area contributed by atoms with Gasteiger partial charge in [-0.2, -0.15) is 9.78 Å². The van der Waals surface area contributed by atoms with E-state index in [1.165, 1.54) is 7.11 Å². The molecule has 2 aromatic heterocycles. The van der Waals surface area contributed by atoms with E-state index in [2.05, 4.69) is 34.5 Å². The predicted molar refractivity (Wildman–Crippen MR) is 112 cm³/mol. The first-order valence-electron chi connectivity index (χ1n) is 9.96. The zero-order valence-corrected chi connectivity index (χ0v) is 17.5. The number of nitrogens with one attached hydrogen (secondary N) is 1. The van der Waals surface area contributed by atoms with E-state index >= 15 is 0 Å². The number of hydrogen-bond donors (Lipinski definition) is 1. The smallest absolute Gasteiger partial charge is 0.233 e. The van der Waals surface area contributed by atoms with E-state index in [1.807, 2.05) is 31.2 Å². The molecule has 1 aromatic carbocycles. The lowest BCUT2D eigenvalue weighted by molar-refractivity contribution is -0.116. The number of amides is 1. The normalized spacial score (nSPS) is 15.6. The first-order chi connectivity index (χ1) is 14.5. The van der Waals surface area contributed by atoms with Crippen LogP contribution in [-0.2, 0) is 4.79 Å². The molecule has 156 valence electrons. The second-order valence-corrected chi connectivity index (χ2v) is 7.78. The van der Waals surface area contributed by atoms with Crippen LogP contribution in [0.25, 0.3) is 5.82 Å². The summed E-state index contributed by atoms with van der Waals surface area (Å²) in [7, 11) is 1.54. The van der Waals surface area contributed by atoms with E-state index in [1.54, 1.807) is 16.8 Å². The van der Waals surface area contributed by atoms with Crippen molar-refractivity contribution in [3.8, 4) is 17.4 Å². The Balaban J connectivity index is 1.73. The largest absolute Gasteiger partial charge is 0.493 e. The standard InChI is InChI=1S/C22H25N5O3/c1-13(2)12-30-16-7-5-6-15(10-16)17-11-19(28)23-22-21(17)14(3)26-27(22)18-8-9-20(29-4)25-24-18/h5-10,13,17H,11-12H2,1-4H3,(H,23,28)/t17-/m0/s1. The van der Waals surface area contributed by atoms with Crippen molar-refractivity contribution < 1.29 is 14.3 Å². The molecule has 3 aromatic rings. The maximum absolute atomic E-state index is 12.6. The molecule has 0 bridgehead atoms. The van der Waals surface area contributed by atoms with Gasteiger partial charge < -0.3 is 14.8 Å². The van der Waals surface area contributed by atoms with Crippen LogP contribution in [0.4, 0.5) is 5.82 Å². The van der Waals surface area contributed by atoms with Gasteiger partial charge in [-0.05, 0) is 36.6 Å². The van der Waals surface area contributed by atoms with Crippen molar-refractivity contribution in [1.29, 1.82) is 0 Å². The number of benzene rings is 1. The fourth-order valence-corrected chi connectivity index (χ4v) is 3.62. The van der Waals surface area contributed by atoms with Crippen LogP contribution < -0.4 is 14.8 Å². The highest BCUT2D eigenvalue weighted by molar-refractivity contribution is 5.95. The number of rotatable bonds is 6. The SMILES string of the molecule is COc1ccc(-n2nc(C)c3c2NC(=O)C[C@H]3c2cccc(OCC(C)C)c2)nn1. The number of anilines is 1. The molecule has 4 rings (SSSR count). The third-order valence-corrected chi connectivity index (χ3v) is 5.00. The quantitative estimate of drug-likeness (QED) is 0.673. The summed E-state index contributed by atoms with van der Waals surface area (Å²) >= 11 is 0. The van der Waals surface area contributed by atoms with Crippen molar-refractivity contribution >= 4 is 11.7 Å². The van der Waals surface area contributed by atoms with Crippen LogP contribution in [0.15, 0.2) is 36.4 Å². The highest BCUT2D eigenvalue weighted by Gasteiger charge is 2.33. The first kappa shape index (κ1) is 19.9. The van der Waals surface area contributed by atoms with Crippen molar-refractivity contribution in [2.24, 2.45) is 5.92 Å². The molecule has 1 atom stereocenters. The summed E-state index contributed by atoms with van der Waals surface area (Å²) in [6.45, 7) is 6.81. The van der Waals surface area contributed by atoms with Crippen molar-refractivity contribution in [3.05, 3.63) is 53.2 Å². The summed E-state index contributed by atoms with van der Waals surface area (Å²) in [6, 6.07) is 11.4. The summed E-state index contributed by atoms with van der Waals surface area (Å²) in [5.41, 5.74) is 2.84. The van der Waals surface area contributed by atoms with E-state index in [-0.39, 0.29) is 11.8 Å². The number of carbonyl (C=O) groups excluding carboxylic acids is 1. The van der Waals surface area contributed by atoms with Crippen LogP contribution in [0.5, 0.6) is 11.6 Å². The van der Waals surface area contributed by atoms with Gasteiger partial charge in [0.1, 0.15) is 11.6 Å². The average Bonchev–Trinajstić information content (AvgIpc) is 3.08. The molecular formula is C22H25N5O3. The lowest BCUT2D eigenvalue weighted by Gasteiger charge is -2.24. The van der Waals surface area contributed by atoms with Gasteiger partial charge in [0.05, 0.1) is 19.4 Å². The fraction of sp³-hybridized carbons (Fsp3) is 0.364. The summed E-state index contributed by atoms with van der Waals surface area (Å²) in [6.07, 6.45) is 0.349. The molecule has 0 saturated heterocycles. The third-order valence-electron chi connectivity index (χ3n) is 5.00. The van der Waals surface area contributed by atoms with Gasteiger partial charge in [0.15, 0.2) is 5.82 Å². The predicted octanol–water partition coefficient (Wildman–Crippen LogP) is 3.49. The van der Waals surface area contributed by atoms with E-state index in [4.69, 9.17) is 9.47 Å². The van der Waals surface area contributed by atoms with Gasteiger partial charge in [0, 0.05) is 24.0 Å². The van der Waals surface area contributed by atoms with Crippen molar-refractivity contribution in [1.82, 2.24) is 20.0 Å². The molecule has 0 saturated carbocycles. The average molecular weight is 407 g/mol. The van der Waals surface area contributed by atoms with Gasteiger partial charge in [-0.25, -0.2) is 0 Å². The van der Waals surface area contributed by atoms with Gasteiger partial charge in [-0.15, -0.1) is 10.2 Å². The molecule has 1 amide bonds. The third kappa shape index (κ3) is 3.85. The van der Waals surface area contributed by atoms with Crippen LogP contribution in [0.1, 0.15) is 43.0 Å². The molecule has 0 radical (unpaired) electrons. The molecular weight excluding hydrogens is 382 g/mol. The number of nitrogens with zero attached hydrogens (tertiary/aromatic N) is 4. The van der Waals surface area contributed by atoms with Gasteiger partial charge in [-0.3, -0.25) is 4.79 Å². The summed E-state index contributed by atoms with van der Waals surface area (Å²) in [5, 5.41) is 15.8. The van der Waals surface area contributed by atoms with E-state index in [9.17, 15) is 4.79 Å². The number of carbonyl (C=O) groups is 1. The second kappa shape index (κ2) is 8.14. The molecule has 30 heavy (non-hydrogen) atoms. The lowest BCUT2D eigenvalue weighted by Crippen LogP contribution is -2.25. The van der Waals surface area contributed by atoms with Crippen LogP contribution in [-0.4, -0.2) is 39.6 Å². The van der Waals surface area contributed by atoms with Crippen molar-refractivity contribution in [2.75, 3.05) is 19.0 Å². The minimum atomic E-state index is -0.115. The molecule has 8 nitrogen and oxygen atoms in total. The molecule has 3 heterocycles. The second-order valence-electron chi connectivity index (χ2n) is 7.78. The maximum Gasteiger partial charge on any atom is 0.233 e. The molecule has 0 spiro atoms. The Hall–Kier alpha value is -3.42. The number of hydrogen-bond acceptors (Lipinski definition) is 6. The van der Waals surface area contributed by atoms with Gasteiger partial charge in [0.2, 0.25) is 11.8 Å². The van der Waals surface area contributed by atoms with E-state index in [0.29, 0.717) is 36.5 Å². The van der Waals surface area contributed by atoms with Crippen LogP contribution >= 0.6 is 0 Å². The Labute approximate surface area is 175 Å². The van der Waals surface area contributed by atoms with Crippen LogP contribution in [0.3, 0.4) is 0 Å². The van der Waals surface area contributed by atoms with Crippen molar-refractivity contribution in [2.45, 2.75) is 33.1 Å². The van der Waals surface area contributed by atoms with E-state index in [0.717, 1.165) is 22.6 Å². The minimum Gasteiger partial charge on any atom is -0.493 e. The maximum atomic E-state index is 12.6. The number of aryl methyl sites for hydroxylation is 1. The summed E-state index contributed by atoms with van der Waals surface area (Å²) < 4.78 is 12.6. The summed E-state index contributed by atoms with van der Waals surface area (Å²) in [4.78, 5) is 12.6. The number of fused-ring (bicyclic) bond motifs is 1. The molecule has 1 aliphatic rings. The Morgan fingerprint density at radius 3 is 2.77 bits per heavy atom. The monoisotopic (exact) mass is 407 g/mol. The van der Waals surface area contributed by atoms with Crippen LogP contribution in [0.2, 0.25) is 0 Å². The molecule has 1 aliphatic heterocycles. The molecule has 0 fully saturated rings. The summed E-state index contributed by atoms with van der Waals surface area (Å²) in [5.74, 6) is 2.61. The highest BCUT2D eigenvalue weighted by atomic mass is 16.5. The first-order valence-corrected chi connectivity index (χ1v) is 9.96. The molecule has 8 heteroatoms. The zero-order chi connectivity index (χ0) is 21.3.